The lowest BCUT2D eigenvalue weighted by Crippen LogP contribution is -2.40. The summed E-state index contributed by atoms with van der Waals surface area (Å²) in [5, 5.41) is 20.7. The van der Waals surface area contributed by atoms with Crippen LogP contribution in [0.25, 0.3) is 10.1 Å². The fourth-order valence-electron chi connectivity index (χ4n) is 2.86. The number of guanidine groups is 1. The normalized spacial score (nSPS) is 12.7. The molecule has 1 atom stereocenters. The summed E-state index contributed by atoms with van der Waals surface area (Å²) in [6, 6.07) is 11.9. The number of amides is 1. The zero-order valence-corrected chi connectivity index (χ0v) is 17.4. The van der Waals surface area contributed by atoms with Crippen molar-refractivity contribution in [2.75, 3.05) is 26.7 Å². The number of nitrogens with one attached hydrogen (secondary N) is 3. The Balaban J connectivity index is 1.37. The van der Waals surface area contributed by atoms with E-state index in [2.05, 4.69) is 27.0 Å². The van der Waals surface area contributed by atoms with Crippen LogP contribution in [0.3, 0.4) is 0 Å². The van der Waals surface area contributed by atoms with E-state index < -0.39 is 6.10 Å². The number of aliphatic hydroxyl groups is 1. The summed E-state index contributed by atoms with van der Waals surface area (Å²) in [5.74, 6) is 0.755. The largest absolute Gasteiger partial charge is 0.459 e. The number of nitrogens with zero attached hydrogens (tertiary/aromatic N) is 1. The third-order valence-electron chi connectivity index (χ3n) is 4.46. The van der Waals surface area contributed by atoms with Crippen LogP contribution in [0.15, 0.2) is 52.1 Å². The number of rotatable bonds is 8. The van der Waals surface area contributed by atoms with E-state index in [4.69, 9.17) is 4.42 Å². The molecule has 0 saturated heterocycles. The minimum absolute atomic E-state index is 0.207. The number of fused-ring (bicyclic) bond motifs is 1. The van der Waals surface area contributed by atoms with E-state index in [-0.39, 0.29) is 5.91 Å². The maximum atomic E-state index is 12.0. The number of aryl methyl sites for hydroxylation is 1. The first-order chi connectivity index (χ1) is 14.1. The molecule has 2 aromatic heterocycles. The Labute approximate surface area is 173 Å². The number of carbonyl (C=O) groups excluding carboxylic acids is 1. The molecule has 0 fully saturated rings. The standard InChI is InChI=1S/C21H26N4O3S/c1-14-8-11-28-19(14)20(27)23-9-5-10-24-21(22-2)25-13-16(26)18-12-15-6-3-4-7-17(15)29-18/h3-4,6-8,11-12,16,26H,5,9-10,13H2,1-2H3,(H,23,27)(H2,22,24,25). The molecule has 8 heteroatoms. The smallest absolute Gasteiger partial charge is 0.287 e. The highest BCUT2D eigenvalue weighted by Crippen LogP contribution is 2.29. The quantitative estimate of drug-likeness (QED) is 0.258. The zero-order valence-electron chi connectivity index (χ0n) is 16.6. The molecule has 7 nitrogen and oxygen atoms in total. The first-order valence-corrected chi connectivity index (χ1v) is 10.3. The average Bonchev–Trinajstić information content (AvgIpc) is 3.35. The second-order valence-corrected chi connectivity index (χ2v) is 7.74. The maximum Gasteiger partial charge on any atom is 0.287 e. The number of aliphatic imine (C=N–C) groups is 1. The van der Waals surface area contributed by atoms with Crippen LogP contribution in [0.4, 0.5) is 0 Å². The maximum absolute atomic E-state index is 12.0. The number of hydrogen-bond donors (Lipinski definition) is 4. The van der Waals surface area contributed by atoms with Gasteiger partial charge >= 0.3 is 0 Å². The van der Waals surface area contributed by atoms with Crippen molar-refractivity contribution in [1.82, 2.24) is 16.0 Å². The van der Waals surface area contributed by atoms with Gasteiger partial charge in [-0.1, -0.05) is 18.2 Å². The van der Waals surface area contributed by atoms with Crippen molar-refractivity contribution in [2.24, 2.45) is 4.99 Å². The Morgan fingerprint density at radius 1 is 1.21 bits per heavy atom. The predicted molar refractivity (Wildman–Crippen MR) is 117 cm³/mol. The lowest BCUT2D eigenvalue weighted by Gasteiger charge is -2.14. The van der Waals surface area contributed by atoms with Gasteiger partial charge in [0.15, 0.2) is 11.7 Å². The Morgan fingerprint density at radius 3 is 2.72 bits per heavy atom. The van der Waals surface area contributed by atoms with Crippen LogP contribution in [-0.2, 0) is 0 Å². The number of carbonyl (C=O) groups is 1. The Bertz CT molecular complexity index is 946. The molecule has 1 amide bonds. The van der Waals surface area contributed by atoms with Crippen molar-refractivity contribution in [1.29, 1.82) is 0 Å². The molecule has 3 aromatic rings. The number of thiophene rings is 1. The molecule has 4 N–H and O–H groups in total. The number of furan rings is 1. The van der Waals surface area contributed by atoms with Gasteiger partial charge in [0.1, 0.15) is 6.10 Å². The molecule has 1 aromatic carbocycles. The van der Waals surface area contributed by atoms with E-state index in [0.717, 1.165) is 26.9 Å². The predicted octanol–water partition coefficient (Wildman–Crippen LogP) is 2.82. The Hall–Kier alpha value is -2.84. The minimum atomic E-state index is -0.609. The van der Waals surface area contributed by atoms with Crippen molar-refractivity contribution in [3.63, 3.8) is 0 Å². The topological polar surface area (TPSA) is 98.9 Å². The number of benzene rings is 1. The summed E-state index contributed by atoms with van der Waals surface area (Å²) in [5.41, 5.74) is 0.822. The van der Waals surface area contributed by atoms with Crippen molar-refractivity contribution in [3.8, 4) is 0 Å². The minimum Gasteiger partial charge on any atom is -0.459 e. The molecule has 2 heterocycles. The molecule has 3 rings (SSSR count). The van der Waals surface area contributed by atoms with Gasteiger partial charge < -0.3 is 25.5 Å². The lowest BCUT2D eigenvalue weighted by atomic mass is 10.2. The van der Waals surface area contributed by atoms with E-state index in [0.29, 0.717) is 31.4 Å². The second-order valence-electron chi connectivity index (χ2n) is 6.62. The van der Waals surface area contributed by atoms with Gasteiger partial charge in [0.2, 0.25) is 0 Å². The van der Waals surface area contributed by atoms with Gasteiger partial charge in [-0.15, -0.1) is 11.3 Å². The summed E-state index contributed by atoms with van der Waals surface area (Å²) in [6.07, 6.45) is 1.63. The molecule has 0 aliphatic carbocycles. The molecule has 0 saturated carbocycles. The highest BCUT2D eigenvalue weighted by molar-refractivity contribution is 7.19. The molecule has 0 aliphatic rings. The summed E-state index contributed by atoms with van der Waals surface area (Å²) in [7, 11) is 1.68. The van der Waals surface area contributed by atoms with E-state index in [9.17, 15) is 9.90 Å². The molecule has 0 aliphatic heterocycles. The van der Waals surface area contributed by atoms with E-state index in [1.165, 1.54) is 6.26 Å². The summed E-state index contributed by atoms with van der Waals surface area (Å²) >= 11 is 1.59. The van der Waals surface area contributed by atoms with Crippen LogP contribution in [0.2, 0.25) is 0 Å². The van der Waals surface area contributed by atoms with Gasteiger partial charge in [0, 0.05) is 41.8 Å². The fourth-order valence-corrected chi connectivity index (χ4v) is 3.91. The average molecular weight is 415 g/mol. The Morgan fingerprint density at radius 2 is 2.00 bits per heavy atom. The van der Waals surface area contributed by atoms with Crippen molar-refractivity contribution >= 4 is 33.3 Å². The van der Waals surface area contributed by atoms with Crippen LogP contribution >= 0.6 is 11.3 Å². The molecule has 0 spiro atoms. The fraction of sp³-hybridized carbons (Fsp3) is 0.333. The Kier molecular flexibility index (Phi) is 7.26. The third-order valence-corrected chi connectivity index (χ3v) is 5.68. The van der Waals surface area contributed by atoms with Crippen LogP contribution < -0.4 is 16.0 Å². The van der Waals surface area contributed by atoms with Gasteiger partial charge in [-0.3, -0.25) is 9.79 Å². The molecule has 1 unspecified atom stereocenters. The summed E-state index contributed by atoms with van der Waals surface area (Å²) < 4.78 is 6.33. The van der Waals surface area contributed by atoms with E-state index in [1.54, 1.807) is 24.5 Å². The number of aliphatic hydroxyl groups excluding tert-OH is 1. The van der Waals surface area contributed by atoms with Crippen LogP contribution in [0.5, 0.6) is 0 Å². The van der Waals surface area contributed by atoms with Gasteiger partial charge in [-0.25, -0.2) is 0 Å². The molecule has 154 valence electrons. The zero-order chi connectivity index (χ0) is 20.6. The SMILES string of the molecule is CN=C(NCCCNC(=O)c1occc1C)NCC(O)c1cc2ccccc2s1. The van der Waals surface area contributed by atoms with Gasteiger partial charge in [0.05, 0.1) is 6.26 Å². The molecular formula is C21H26N4O3S. The lowest BCUT2D eigenvalue weighted by molar-refractivity contribution is 0.0925. The van der Waals surface area contributed by atoms with Crippen LogP contribution in [0, 0.1) is 6.92 Å². The highest BCUT2D eigenvalue weighted by Gasteiger charge is 2.13. The van der Waals surface area contributed by atoms with Crippen molar-refractivity contribution < 1.29 is 14.3 Å². The first-order valence-electron chi connectivity index (χ1n) is 9.52. The number of hydrogen-bond acceptors (Lipinski definition) is 5. The van der Waals surface area contributed by atoms with Crippen molar-refractivity contribution in [2.45, 2.75) is 19.4 Å². The first kappa shape index (κ1) is 20.9. The molecule has 0 bridgehead atoms. The van der Waals surface area contributed by atoms with Crippen LogP contribution in [0.1, 0.15) is 33.5 Å². The second kappa shape index (κ2) is 10.1. The van der Waals surface area contributed by atoms with Crippen LogP contribution in [-0.4, -0.2) is 43.7 Å². The van der Waals surface area contributed by atoms with E-state index in [1.807, 2.05) is 31.2 Å². The summed E-state index contributed by atoms with van der Waals surface area (Å²) in [4.78, 5) is 17.1. The highest BCUT2D eigenvalue weighted by atomic mass is 32.1. The molecule has 0 radical (unpaired) electrons. The van der Waals surface area contributed by atoms with E-state index >= 15 is 0 Å². The van der Waals surface area contributed by atoms with Gasteiger partial charge in [-0.2, -0.15) is 0 Å². The monoisotopic (exact) mass is 414 g/mol. The van der Waals surface area contributed by atoms with Crippen molar-refractivity contribution in [3.05, 3.63) is 58.9 Å². The summed E-state index contributed by atoms with van der Waals surface area (Å²) in [6.45, 7) is 3.35. The molecular weight excluding hydrogens is 388 g/mol. The van der Waals surface area contributed by atoms with Gasteiger partial charge in [0.25, 0.3) is 5.91 Å². The third kappa shape index (κ3) is 5.58. The molecule has 29 heavy (non-hydrogen) atoms. The van der Waals surface area contributed by atoms with Gasteiger partial charge in [-0.05, 0) is 36.9 Å².